The molecule has 4 heteroatoms. The predicted octanol–water partition coefficient (Wildman–Crippen LogP) is 7.22. The molecular weight excluding hydrogens is 442 g/mol. The highest BCUT2D eigenvalue weighted by Crippen LogP contribution is 2.47. The van der Waals surface area contributed by atoms with Crippen LogP contribution in [-0.2, 0) is 7.05 Å². The van der Waals surface area contributed by atoms with E-state index in [1.807, 2.05) is 18.2 Å². The van der Waals surface area contributed by atoms with Crippen molar-refractivity contribution in [3.8, 4) is 28.1 Å². The Morgan fingerprint density at radius 2 is 1.58 bits per heavy atom. The van der Waals surface area contributed by atoms with Gasteiger partial charge in [0.2, 0.25) is 0 Å². The van der Waals surface area contributed by atoms with Crippen molar-refractivity contribution in [2.24, 2.45) is 7.05 Å². The van der Waals surface area contributed by atoms with Crippen molar-refractivity contribution >= 4 is 32.9 Å². The third kappa shape index (κ3) is 3.17. The fourth-order valence-electron chi connectivity index (χ4n) is 5.91. The molecule has 0 aromatic heterocycles. The monoisotopic (exact) mass is 473 g/mol. The molecule has 3 aromatic rings. The van der Waals surface area contributed by atoms with Crippen molar-refractivity contribution in [2.75, 3.05) is 19.1 Å². The van der Waals surface area contributed by atoms with Crippen LogP contribution in [0.5, 0.6) is 5.75 Å². The van der Waals surface area contributed by atoms with Gasteiger partial charge >= 0.3 is 0 Å². The third-order valence-electron chi connectivity index (χ3n) is 7.92. The van der Waals surface area contributed by atoms with E-state index in [-0.39, 0.29) is 5.54 Å². The number of hydrogen-bond acceptors (Lipinski definition) is 3. The predicted molar refractivity (Wildman–Crippen MR) is 151 cm³/mol. The Hall–Kier alpha value is -4.05. The average Bonchev–Trinajstić information content (AvgIpc) is 2.86. The Morgan fingerprint density at radius 1 is 0.833 bits per heavy atom. The van der Waals surface area contributed by atoms with Crippen molar-refractivity contribution in [2.45, 2.75) is 26.3 Å². The highest BCUT2D eigenvalue weighted by molar-refractivity contribution is 6.10. The van der Waals surface area contributed by atoms with Crippen LogP contribution in [0.2, 0.25) is 0 Å². The number of allylic oxidation sites excluding steroid dienone is 1. The van der Waals surface area contributed by atoms with Gasteiger partial charge in [-0.05, 0) is 79.1 Å². The summed E-state index contributed by atoms with van der Waals surface area (Å²) in [4.78, 5) is 2.36. The zero-order chi connectivity index (χ0) is 25.4. The Kier molecular flexibility index (Phi) is 4.81. The number of rotatable bonds is 2. The molecule has 0 radical (unpaired) electrons. The fourth-order valence-corrected chi connectivity index (χ4v) is 5.91. The van der Waals surface area contributed by atoms with Gasteiger partial charge in [0.05, 0.1) is 29.2 Å². The Balaban J connectivity index is 1.75. The first-order chi connectivity index (χ1) is 17.2. The third-order valence-corrected chi connectivity index (χ3v) is 7.92. The lowest BCUT2D eigenvalue weighted by atomic mass is 9.84. The molecule has 0 amide bonds. The van der Waals surface area contributed by atoms with Gasteiger partial charge in [0, 0.05) is 41.9 Å². The molecular formula is C32H31N3O. The molecule has 0 atom stereocenters. The molecule has 3 aliphatic rings. The molecule has 0 spiro atoms. The van der Waals surface area contributed by atoms with Crippen molar-refractivity contribution in [1.29, 1.82) is 5.41 Å². The Morgan fingerprint density at radius 3 is 2.36 bits per heavy atom. The number of hydrogen-bond donors (Lipinski definition) is 1. The van der Waals surface area contributed by atoms with Crippen LogP contribution in [0.25, 0.3) is 49.6 Å². The van der Waals surface area contributed by atoms with E-state index in [0.29, 0.717) is 5.36 Å². The maximum atomic E-state index is 8.37. The molecule has 0 unspecified atom stereocenters. The standard InChI is InChI=1S/C32H31N3O/c1-19-18-32(2,3)35(5)27-14-13-26-30(22-8-7-21-16-24(36-6)11-9-20(21)15-22)25-12-10-23(33)17-28(25)34(4)31(26)29(19)27/h7-18,33H,1-6H3. The summed E-state index contributed by atoms with van der Waals surface area (Å²) in [6, 6.07) is 23.4. The first-order valence-electron chi connectivity index (χ1n) is 12.4. The molecule has 0 bridgehead atoms. The number of pyridine rings is 1. The second kappa shape index (κ2) is 7.72. The summed E-state index contributed by atoms with van der Waals surface area (Å²) >= 11 is 0. The Labute approximate surface area is 211 Å². The molecule has 1 aliphatic carbocycles. The largest absolute Gasteiger partial charge is 0.497 e. The van der Waals surface area contributed by atoms with Crippen molar-refractivity contribution in [1.82, 2.24) is 4.57 Å². The van der Waals surface area contributed by atoms with Crippen LogP contribution in [-0.4, -0.2) is 24.3 Å². The van der Waals surface area contributed by atoms with Crippen molar-refractivity contribution in [3.05, 3.63) is 83.7 Å². The van der Waals surface area contributed by atoms with E-state index in [1.165, 1.54) is 44.2 Å². The van der Waals surface area contributed by atoms with Gasteiger partial charge in [0.15, 0.2) is 0 Å². The van der Waals surface area contributed by atoms with Gasteiger partial charge < -0.3 is 19.6 Å². The van der Waals surface area contributed by atoms with Crippen LogP contribution >= 0.6 is 0 Å². The Bertz CT molecular complexity index is 1760. The van der Waals surface area contributed by atoms with E-state index in [1.54, 1.807) is 7.11 Å². The second-order valence-corrected chi connectivity index (χ2v) is 10.5. The van der Waals surface area contributed by atoms with Crippen molar-refractivity contribution in [3.63, 3.8) is 0 Å². The van der Waals surface area contributed by atoms with E-state index in [9.17, 15) is 0 Å². The summed E-state index contributed by atoms with van der Waals surface area (Å²) in [5.74, 6) is 0.863. The molecule has 0 saturated heterocycles. The maximum absolute atomic E-state index is 8.37. The number of aromatic nitrogens is 1. The van der Waals surface area contributed by atoms with Crippen LogP contribution in [0.3, 0.4) is 0 Å². The van der Waals surface area contributed by atoms with Gasteiger partial charge in [0.25, 0.3) is 0 Å². The number of nitrogens with zero attached hydrogens (tertiary/aromatic N) is 2. The van der Waals surface area contributed by atoms with E-state index in [0.717, 1.165) is 22.4 Å². The van der Waals surface area contributed by atoms with Gasteiger partial charge in [-0.25, -0.2) is 0 Å². The van der Waals surface area contributed by atoms with E-state index < -0.39 is 0 Å². The highest BCUT2D eigenvalue weighted by Gasteiger charge is 2.31. The number of fused-ring (bicyclic) bond motifs is 5. The summed E-state index contributed by atoms with van der Waals surface area (Å²) in [5, 5.41) is 12.4. The van der Waals surface area contributed by atoms with Crippen LogP contribution < -0.4 is 15.0 Å². The number of nitrogens with one attached hydrogen (secondary N) is 1. The summed E-state index contributed by atoms with van der Waals surface area (Å²) < 4.78 is 7.71. The molecule has 1 N–H and O–H groups in total. The van der Waals surface area contributed by atoms with Crippen LogP contribution in [0.1, 0.15) is 26.3 Å². The SMILES string of the molecule is COc1ccc2cc(-c3c4ccc(=N)cc-4n(C)c4c5c(ccc34)N(C)C(C)(C)C=C5C)ccc2c1. The average molecular weight is 474 g/mol. The molecule has 3 aromatic carbocycles. The van der Waals surface area contributed by atoms with Crippen LogP contribution in [0.15, 0.2) is 72.8 Å². The van der Waals surface area contributed by atoms with Gasteiger partial charge in [-0.3, -0.25) is 0 Å². The zero-order valence-electron chi connectivity index (χ0n) is 21.7. The van der Waals surface area contributed by atoms with Crippen LogP contribution in [0.4, 0.5) is 5.69 Å². The van der Waals surface area contributed by atoms with E-state index in [4.69, 9.17) is 10.1 Å². The smallest absolute Gasteiger partial charge is 0.119 e. The quantitative estimate of drug-likeness (QED) is 0.275. The number of aryl methyl sites for hydroxylation is 1. The minimum atomic E-state index is -0.0588. The zero-order valence-corrected chi connectivity index (χ0v) is 21.7. The number of ether oxygens (including phenoxy) is 1. The molecule has 4 nitrogen and oxygen atoms in total. The molecule has 0 fully saturated rings. The molecule has 36 heavy (non-hydrogen) atoms. The molecule has 180 valence electrons. The number of anilines is 1. The molecule has 2 aliphatic heterocycles. The topological polar surface area (TPSA) is 41.2 Å². The molecule has 2 heterocycles. The summed E-state index contributed by atoms with van der Waals surface area (Å²) in [6.07, 6.45) is 2.36. The number of methoxy groups -OCH3 is 1. The summed E-state index contributed by atoms with van der Waals surface area (Å²) in [7, 11) is 6.01. The maximum Gasteiger partial charge on any atom is 0.119 e. The van der Waals surface area contributed by atoms with Gasteiger partial charge in [-0.15, -0.1) is 0 Å². The first kappa shape index (κ1) is 22.4. The van der Waals surface area contributed by atoms with E-state index >= 15 is 0 Å². The lowest BCUT2D eigenvalue weighted by Gasteiger charge is -2.41. The lowest BCUT2D eigenvalue weighted by molar-refractivity contribution is 0.415. The van der Waals surface area contributed by atoms with Gasteiger partial charge in [-0.1, -0.05) is 36.4 Å². The lowest BCUT2D eigenvalue weighted by Crippen LogP contribution is -2.42. The summed E-state index contributed by atoms with van der Waals surface area (Å²) in [6.45, 7) is 6.74. The van der Waals surface area contributed by atoms with Crippen molar-refractivity contribution < 1.29 is 4.74 Å². The minimum Gasteiger partial charge on any atom is -0.497 e. The van der Waals surface area contributed by atoms with Gasteiger partial charge in [0.1, 0.15) is 5.75 Å². The molecule has 6 rings (SSSR count). The minimum absolute atomic E-state index is 0.0588. The van der Waals surface area contributed by atoms with Gasteiger partial charge in [-0.2, -0.15) is 0 Å². The number of benzene rings is 4. The van der Waals surface area contributed by atoms with E-state index in [2.05, 4.69) is 98.9 Å². The highest BCUT2D eigenvalue weighted by atomic mass is 16.5. The first-order valence-corrected chi connectivity index (χ1v) is 12.4. The molecule has 0 saturated carbocycles. The normalized spacial score (nSPS) is 14.8. The number of likely N-dealkylation sites (N-methyl/N-ethyl adjacent to an activating group) is 1. The fraction of sp³-hybridized carbons (Fsp3) is 0.219. The van der Waals surface area contributed by atoms with Crippen LogP contribution in [0, 0.1) is 5.41 Å². The second-order valence-electron chi connectivity index (χ2n) is 10.5. The summed E-state index contributed by atoms with van der Waals surface area (Å²) in [5.41, 5.74) is 9.52.